The van der Waals surface area contributed by atoms with Crippen molar-refractivity contribution in [3.63, 3.8) is 0 Å². The molecule has 0 atom stereocenters. The van der Waals surface area contributed by atoms with Crippen molar-refractivity contribution in [2.45, 2.75) is 13.5 Å². The van der Waals surface area contributed by atoms with E-state index in [9.17, 15) is 0 Å². The Hall–Kier alpha value is -2.23. The van der Waals surface area contributed by atoms with Gasteiger partial charge in [-0.1, -0.05) is 6.07 Å². The molecule has 4 nitrogen and oxygen atoms in total. The van der Waals surface area contributed by atoms with Crippen LogP contribution in [0, 0.1) is 6.92 Å². The number of methoxy groups -OCH3 is 2. The second-order valence-electron chi connectivity index (χ2n) is 4.23. The molecule has 2 aromatic rings. The van der Waals surface area contributed by atoms with E-state index in [0.29, 0.717) is 0 Å². The molecule has 0 unspecified atom stereocenters. The Labute approximate surface area is 113 Å². The summed E-state index contributed by atoms with van der Waals surface area (Å²) in [7, 11) is 3.28. The lowest BCUT2D eigenvalue weighted by atomic mass is 10.2. The quantitative estimate of drug-likeness (QED) is 0.895. The standard InChI is InChI=1S/C15H18N2O2/c1-11-9-16-7-6-13(11)17-10-12-4-5-14(18-2)15(8-12)19-3/h4-9H,10H2,1-3H3,(H,16,17). The Bertz CT molecular complexity index is 556. The maximum atomic E-state index is 5.29. The third-order valence-corrected chi connectivity index (χ3v) is 2.95. The van der Waals surface area contributed by atoms with E-state index < -0.39 is 0 Å². The van der Waals surface area contributed by atoms with E-state index in [4.69, 9.17) is 9.47 Å². The fraction of sp³-hybridized carbons (Fsp3) is 0.267. The second kappa shape index (κ2) is 6.09. The molecule has 0 aliphatic rings. The van der Waals surface area contributed by atoms with Gasteiger partial charge in [-0.15, -0.1) is 0 Å². The van der Waals surface area contributed by atoms with Gasteiger partial charge >= 0.3 is 0 Å². The topological polar surface area (TPSA) is 43.4 Å². The van der Waals surface area contributed by atoms with Crippen molar-refractivity contribution >= 4 is 5.69 Å². The first-order valence-electron chi connectivity index (χ1n) is 6.10. The fourth-order valence-electron chi connectivity index (χ4n) is 1.86. The van der Waals surface area contributed by atoms with Gasteiger partial charge in [-0.25, -0.2) is 0 Å². The van der Waals surface area contributed by atoms with Gasteiger partial charge in [-0.3, -0.25) is 4.98 Å². The van der Waals surface area contributed by atoms with Crippen molar-refractivity contribution in [1.29, 1.82) is 0 Å². The molecular formula is C15H18N2O2. The van der Waals surface area contributed by atoms with Crippen LogP contribution in [-0.2, 0) is 6.54 Å². The molecule has 0 amide bonds. The number of hydrogen-bond acceptors (Lipinski definition) is 4. The average Bonchev–Trinajstić information content (AvgIpc) is 2.46. The van der Waals surface area contributed by atoms with Gasteiger partial charge in [0.2, 0.25) is 0 Å². The minimum atomic E-state index is 0.727. The van der Waals surface area contributed by atoms with Crippen molar-refractivity contribution in [2.75, 3.05) is 19.5 Å². The van der Waals surface area contributed by atoms with Crippen LogP contribution in [0.4, 0.5) is 5.69 Å². The Kier molecular flexibility index (Phi) is 4.23. The summed E-state index contributed by atoms with van der Waals surface area (Å²) in [5.41, 5.74) is 3.35. The lowest BCUT2D eigenvalue weighted by Crippen LogP contribution is -2.02. The molecule has 1 N–H and O–H groups in total. The van der Waals surface area contributed by atoms with Crippen LogP contribution in [0.15, 0.2) is 36.7 Å². The number of pyridine rings is 1. The number of benzene rings is 1. The number of aryl methyl sites for hydroxylation is 1. The number of rotatable bonds is 5. The molecule has 4 heteroatoms. The average molecular weight is 258 g/mol. The molecular weight excluding hydrogens is 240 g/mol. The highest BCUT2D eigenvalue weighted by Crippen LogP contribution is 2.27. The van der Waals surface area contributed by atoms with Crippen LogP contribution >= 0.6 is 0 Å². The van der Waals surface area contributed by atoms with E-state index in [-0.39, 0.29) is 0 Å². The minimum absolute atomic E-state index is 0.727. The van der Waals surface area contributed by atoms with Crippen LogP contribution in [0.1, 0.15) is 11.1 Å². The first-order valence-corrected chi connectivity index (χ1v) is 6.10. The van der Waals surface area contributed by atoms with E-state index in [1.54, 1.807) is 20.4 Å². The van der Waals surface area contributed by atoms with E-state index in [0.717, 1.165) is 34.9 Å². The maximum absolute atomic E-state index is 5.29. The summed E-state index contributed by atoms with van der Waals surface area (Å²) in [5.74, 6) is 1.49. The maximum Gasteiger partial charge on any atom is 0.161 e. The molecule has 0 aliphatic heterocycles. The zero-order valence-corrected chi connectivity index (χ0v) is 11.4. The van der Waals surface area contributed by atoms with Crippen LogP contribution in [0.2, 0.25) is 0 Å². The number of nitrogens with one attached hydrogen (secondary N) is 1. The molecule has 100 valence electrons. The molecule has 1 heterocycles. The molecule has 1 aromatic heterocycles. The monoisotopic (exact) mass is 258 g/mol. The summed E-state index contributed by atoms with van der Waals surface area (Å²) in [6.45, 7) is 2.76. The fourth-order valence-corrected chi connectivity index (χ4v) is 1.86. The zero-order valence-electron chi connectivity index (χ0n) is 11.4. The van der Waals surface area contributed by atoms with E-state index >= 15 is 0 Å². The highest BCUT2D eigenvalue weighted by Gasteiger charge is 2.04. The summed E-state index contributed by atoms with van der Waals surface area (Å²) in [5, 5.41) is 3.38. The summed E-state index contributed by atoms with van der Waals surface area (Å²) < 4.78 is 10.5. The summed E-state index contributed by atoms with van der Waals surface area (Å²) in [4.78, 5) is 4.07. The Morgan fingerprint density at radius 1 is 1.11 bits per heavy atom. The molecule has 0 spiro atoms. The smallest absolute Gasteiger partial charge is 0.161 e. The van der Waals surface area contributed by atoms with Gasteiger partial charge in [0.05, 0.1) is 14.2 Å². The van der Waals surface area contributed by atoms with Crippen molar-refractivity contribution in [1.82, 2.24) is 4.98 Å². The largest absolute Gasteiger partial charge is 0.493 e. The first kappa shape index (κ1) is 13.2. The number of anilines is 1. The van der Waals surface area contributed by atoms with Crippen LogP contribution in [-0.4, -0.2) is 19.2 Å². The summed E-state index contributed by atoms with van der Waals surface area (Å²) in [6.07, 6.45) is 3.63. The SMILES string of the molecule is COc1ccc(CNc2ccncc2C)cc1OC. The third kappa shape index (κ3) is 3.16. The Balaban J connectivity index is 2.10. The molecule has 0 fully saturated rings. The lowest BCUT2D eigenvalue weighted by Gasteiger charge is -2.12. The number of ether oxygens (including phenoxy) is 2. The summed E-state index contributed by atoms with van der Waals surface area (Å²) in [6, 6.07) is 7.87. The van der Waals surface area contributed by atoms with Crippen molar-refractivity contribution < 1.29 is 9.47 Å². The van der Waals surface area contributed by atoms with E-state index in [2.05, 4.69) is 10.3 Å². The van der Waals surface area contributed by atoms with Gasteiger partial charge in [0.15, 0.2) is 11.5 Å². The predicted molar refractivity (Wildman–Crippen MR) is 75.8 cm³/mol. The van der Waals surface area contributed by atoms with Gasteiger partial charge < -0.3 is 14.8 Å². The Morgan fingerprint density at radius 2 is 1.89 bits per heavy atom. The van der Waals surface area contributed by atoms with Crippen LogP contribution in [0.3, 0.4) is 0 Å². The molecule has 2 rings (SSSR count). The number of nitrogens with zero attached hydrogens (tertiary/aromatic N) is 1. The van der Waals surface area contributed by atoms with E-state index in [1.165, 1.54) is 0 Å². The zero-order chi connectivity index (χ0) is 13.7. The highest BCUT2D eigenvalue weighted by atomic mass is 16.5. The molecule has 19 heavy (non-hydrogen) atoms. The Morgan fingerprint density at radius 3 is 2.58 bits per heavy atom. The van der Waals surface area contributed by atoms with Gasteiger partial charge in [-0.2, -0.15) is 0 Å². The van der Waals surface area contributed by atoms with Crippen LogP contribution < -0.4 is 14.8 Å². The number of aromatic nitrogens is 1. The van der Waals surface area contributed by atoms with Crippen LogP contribution in [0.5, 0.6) is 11.5 Å². The van der Waals surface area contributed by atoms with Crippen molar-refractivity contribution in [2.24, 2.45) is 0 Å². The predicted octanol–water partition coefficient (Wildman–Crippen LogP) is 3.02. The minimum Gasteiger partial charge on any atom is -0.493 e. The molecule has 0 saturated carbocycles. The van der Waals surface area contributed by atoms with Gasteiger partial charge in [0.1, 0.15) is 0 Å². The van der Waals surface area contributed by atoms with Crippen molar-refractivity contribution in [3.8, 4) is 11.5 Å². The van der Waals surface area contributed by atoms with Crippen molar-refractivity contribution in [3.05, 3.63) is 47.8 Å². The summed E-state index contributed by atoms with van der Waals surface area (Å²) >= 11 is 0. The normalized spacial score (nSPS) is 10.1. The highest BCUT2D eigenvalue weighted by molar-refractivity contribution is 5.50. The lowest BCUT2D eigenvalue weighted by molar-refractivity contribution is 0.354. The molecule has 0 bridgehead atoms. The van der Waals surface area contributed by atoms with E-state index in [1.807, 2.05) is 37.4 Å². The molecule has 1 aromatic carbocycles. The van der Waals surface area contributed by atoms with Gasteiger partial charge in [0, 0.05) is 24.6 Å². The molecule has 0 aliphatic carbocycles. The van der Waals surface area contributed by atoms with Gasteiger partial charge in [-0.05, 0) is 36.2 Å². The third-order valence-electron chi connectivity index (χ3n) is 2.95. The number of hydrogen-bond donors (Lipinski definition) is 1. The van der Waals surface area contributed by atoms with Crippen LogP contribution in [0.25, 0.3) is 0 Å². The second-order valence-corrected chi connectivity index (χ2v) is 4.23. The molecule has 0 saturated heterocycles. The van der Waals surface area contributed by atoms with Gasteiger partial charge in [0.25, 0.3) is 0 Å². The molecule has 0 radical (unpaired) electrons. The first-order chi connectivity index (χ1) is 9.24.